The SMILES string of the molecule is O=CCCCC[C@]1(C=O)SC[C@@H]2NC(=O)N[C@@H]21. The van der Waals surface area contributed by atoms with Gasteiger partial charge in [0.1, 0.15) is 12.6 Å². The molecule has 2 rings (SSSR count). The quantitative estimate of drug-likeness (QED) is 0.412. The van der Waals surface area contributed by atoms with Crippen LogP contribution in [0.15, 0.2) is 0 Å². The van der Waals surface area contributed by atoms with Gasteiger partial charge in [-0.2, -0.15) is 0 Å². The summed E-state index contributed by atoms with van der Waals surface area (Å²) in [6.45, 7) is 0. The minimum absolute atomic E-state index is 0.0590. The van der Waals surface area contributed by atoms with E-state index >= 15 is 0 Å². The third kappa shape index (κ3) is 2.31. The van der Waals surface area contributed by atoms with Crippen LogP contribution in [-0.2, 0) is 9.59 Å². The number of unbranched alkanes of at least 4 members (excludes halogenated alkanes) is 2. The van der Waals surface area contributed by atoms with Crippen molar-refractivity contribution in [2.24, 2.45) is 0 Å². The Kier molecular flexibility index (Phi) is 3.71. The van der Waals surface area contributed by atoms with Crippen molar-refractivity contribution in [2.75, 3.05) is 5.75 Å². The summed E-state index contributed by atoms with van der Waals surface area (Å²) in [5.74, 6) is 0.774. The second-order valence-corrected chi connectivity index (χ2v) is 5.88. The molecule has 0 aliphatic carbocycles. The number of amides is 2. The van der Waals surface area contributed by atoms with Crippen molar-refractivity contribution in [2.45, 2.75) is 42.5 Å². The Morgan fingerprint density at radius 1 is 1.35 bits per heavy atom. The van der Waals surface area contributed by atoms with Crippen molar-refractivity contribution < 1.29 is 14.4 Å². The van der Waals surface area contributed by atoms with Crippen LogP contribution >= 0.6 is 11.8 Å². The van der Waals surface area contributed by atoms with E-state index in [-0.39, 0.29) is 18.1 Å². The molecule has 2 fully saturated rings. The fourth-order valence-corrected chi connectivity index (χ4v) is 4.02. The molecule has 2 aliphatic heterocycles. The van der Waals surface area contributed by atoms with Gasteiger partial charge < -0.3 is 20.2 Å². The molecule has 6 heteroatoms. The Morgan fingerprint density at radius 2 is 2.18 bits per heavy atom. The van der Waals surface area contributed by atoms with E-state index in [0.29, 0.717) is 6.42 Å². The van der Waals surface area contributed by atoms with Crippen LogP contribution in [0.5, 0.6) is 0 Å². The van der Waals surface area contributed by atoms with Crippen LogP contribution in [0.3, 0.4) is 0 Å². The van der Waals surface area contributed by atoms with Gasteiger partial charge in [0.15, 0.2) is 0 Å². The van der Waals surface area contributed by atoms with Crippen LogP contribution < -0.4 is 10.6 Å². The normalized spacial score (nSPS) is 34.9. The zero-order chi connectivity index (χ0) is 12.3. The number of rotatable bonds is 6. The summed E-state index contributed by atoms with van der Waals surface area (Å²) in [4.78, 5) is 32.8. The number of carbonyl (C=O) groups is 3. The molecule has 3 atom stereocenters. The van der Waals surface area contributed by atoms with Gasteiger partial charge in [-0.3, -0.25) is 0 Å². The molecule has 2 N–H and O–H groups in total. The second-order valence-electron chi connectivity index (χ2n) is 4.50. The van der Waals surface area contributed by atoms with Gasteiger partial charge in [-0.15, -0.1) is 11.8 Å². The molecule has 0 radical (unpaired) electrons. The Balaban J connectivity index is 1.97. The van der Waals surface area contributed by atoms with E-state index in [1.54, 1.807) is 11.8 Å². The van der Waals surface area contributed by atoms with Crippen molar-refractivity contribution in [1.82, 2.24) is 10.6 Å². The first-order chi connectivity index (χ1) is 8.22. The van der Waals surface area contributed by atoms with Crippen LogP contribution in [0.25, 0.3) is 0 Å². The zero-order valence-electron chi connectivity index (χ0n) is 9.48. The number of nitrogens with one attached hydrogen (secondary N) is 2. The molecule has 5 nitrogen and oxygen atoms in total. The van der Waals surface area contributed by atoms with E-state index in [1.165, 1.54) is 0 Å². The van der Waals surface area contributed by atoms with Crippen molar-refractivity contribution >= 4 is 30.4 Å². The lowest BCUT2D eigenvalue weighted by Gasteiger charge is -2.27. The number of hydrogen-bond donors (Lipinski definition) is 2. The molecular formula is C11H16N2O3S. The largest absolute Gasteiger partial charge is 0.332 e. The van der Waals surface area contributed by atoms with Crippen LogP contribution in [0.1, 0.15) is 25.7 Å². The van der Waals surface area contributed by atoms with Crippen LogP contribution in [0.2, 0.25) is 0 Å². The van der Waals surface area contributed by atoms with Crippen molar-refractivity contribution in [3.63, 3.8) is 0 Å². The van der Waals surface area contributed by atoms with Gasteiger partial charge in [0.25, 0.3) is 0 Å². The standard InChI is InChI=1S/C11H16N2O3S/c14-5-3-1-2-4-11(7-15)9-8(6-17-11)12-10(16)13-9/h5,7-9H,1-4,6H2,(H2,12,13,16)/t8-,9-,11+/m0/s1. The monoisotopic (exact) mass is 256 g/mol. The molecule has 2 saturated heterocycles. The Hall–Kier alpha value is -1.04. The van der Waals surface area contributed by atoms with E-state index in [9.17, 15) is 14.4 Å². The van der Waals surface area contributed by atoms with Crippen molar-refractivity contribution in [3.05, 3.63) is 0 Å². The number of thioether (sulfide) groups is 1. The Morgan fingerprint density at radius 3 is 2.88 bits per heavy atom. The highest BCUT2D eigenvalue weighted by Gasteiger charge is 2.53. The fraction of sp³-hybridized carbons (Fsp3) is 0.727. The number of hydrogen-bond acceptors (Lipinski definition) is 4. The fourth-order valence-electron chi connectivity index (χ4n) is 2.49. The maximum atomic E-state index is 11.4. The molecule has 17 heavy (non-hydrogen) atoms. The van der Waals surface area contributed by atoms with Gasteiger partial charge in [-0.25, -0.2) is 4.79 Å². The predicted octanol–water partition coefficient (Wildman–Crippen LogP) is 0.480. The molecular weight excluding hydrogens is 240 g/mol. The molecule has 0 unspecified atom stereocenters. The Bertz CT molecular complexity index is 337. The molecule has 0 bridgehead atoms. The topological polar surface area (TPSA) is 75.3 Å². The van der Waals surface area contributed by atoms with Gasteiger partial charge in [0, 0.05) is 12.2 Å². The molecule has 0 saturated carbocycles. The van der Waals surface area contributed by atoms with Gasteiger partial charge >= 0.3 is 6.03 Å². The predicted molar refractivity (Wildman–Crippen MR) is 65.0 cm³/mol. The number of aldehydes is 2. The molecule has 0 aromatic rings. The van der Waals surface area contributed by atoms with Gasteiger partial charge in [-0.1, -0.05) is 6.42 Å². The first-order valence-corrected chi connectivity index (χ1v) is 6.81. The first-order valence-electron chi connectivity index (χ1n) is 5.83. The zero-order valence-corrected chi connectivity index (χ0v) is 10.3. The number of fused-ring (bicyclic) bond motifs is 1. The summed E-state index contributed by atoms with van der Waals surface area (Å²) < 4.78 is -0.507. The highest BCUT2D eigenvalue weighted by atomic mass is 32.2. The summed E-state index contributed by atoms with van der Waals surface area (Å²) in [5.41, 5.74) is 0. The maximum Gasteiger partial charge on any atom is 0.315 e. The number of carbonyl (C=O) groups excluding carboxylic acids is 3. The van der Waals surface area contributed by atoms with E-state index in [1.807, 2.05) is 0 Å². The summed E-state index contributed by atoms with van der Waals surface area (Å²) in [5, 5.41) is 5.65. The minimum Gasteiger partial charge on any atom is -0.332 e. The minimum atomic E-state index is -0.507. The molecule has 0 spiro atoms. The van der Waals surface area contributed by atoms with Crippen molar-refractivity contribution in [3.8, 4) is 0 Å². The average molecular weight is 256 g/mol. The van der Waals surface area contributed by atoms with E-state index in [2.05, 4.69) is 10.6 Å². The van der Waals surface area contributed by atoms with Crippen LogP contribution in [0.4, 0.5) is 4.79 Å². The number of urea groups is 1. The third-order valence-corrected chi connectivity index (χ3v) is 5.02. The first kappa shape index (κ1) is 12.4. The lowest BCUT2D eigenvalue weighted by Crippen LogP contribution is -2.47. The smallest absolute Gasteiger partial charge is 0.315 e. The molecule has 0 aromatic heterocycles. The van der Waals surface area contributed by atoms with E-state index < -0.39 is 4.75 Å². The summed E-state index contributed by atoms with van der Waals surface area (Å²) in [7, 11) is 0. The lowest BCUT2D eigenvalue weighted by molar-refractivity contribution is -0.110. The molecule has 94 valence electrons. The third-order valence-electron chi connectivity index (χ3n) is 3.40. The highest BCUT2D eigenvalue weighted by Crippen LogP contribution is 2.42. The van der Waals surface area contributed by atoms with Gasteiger partial charge in [0.2, 0.25) is 0 Å². The Labute approximate surface area is 104 Å². The second kappa shape index (κ2) is 5.08. The summed E-state index contributed by atoms with van der Waals surface area (Å²) in [6, 6.07) is -0.225. The van der Waals surface area contributed by atoms with Crippen molar-refractivity contribution in [1.29, 1.82) is 0 Å². The van der Waals surface area contributed by atoms with Crippen LogP contribution in [-0.4, -0.2) is 41.2 Å². The van der Waals surface area contributed by atoms with Gasteiger partial charge in [-0.05, 0) is 12.8 Å². The lowest BCUT2D eigenvalue weighted by atomic mass is 9.91. The average Bonchev–Trinajstić information content (AvgIpc) is 2.84. The van der Waals surface area contributed by atoms with Gasteiger partial charge in [0.05, 0.1) is 16.8 Å². The molecule has 2 heterocycles. The molecule has 2 aliphatic rings. The highest BCUT2D eigenvalue weighted by molar-refractivity contribution is 8.01. The molecule has 0 aromatic carbocycles. The maximum absolute atomic E-state index is 11.4. The summed E-state index contributed by atoms with van der Waals surface area (Å²) >= 11 is 1.61. The van der Waals surface area contributed by atoms with E-state index in [0.717, 1.165) is 37.6 Å². The van der Waals surface area contributed by atoms with Crippen LogP contribution in [0, 0.1) is 0 Å². The summed E-state index contributed by atoms with van der Waals surface area (Å²) in [6.07, 6.45) is 4.77. The van der Waals surface area contributed by atoms with E-state index in [4.69, 9.17) is 0 Å². The molecule has 2 amide bonds.